The Bertz CT molecular complexity index is 809. The highest BCUT2D eigenvalue weighted by Crippen LogP contribution is 2.34. The summed E-state index contributed by atoms with van der Waals surface area (Å²) < 4.78 is 0. The quantitative estimate of drug-likeness (QED) is 0.795. The number of amides is 1. The molecule has 0 aliphatic carbocycles. The van der Waals surface area contributed by atoms with Crippen molar-refractivity contribution in [2.75, 3.05) is 10.6 Å². The van der Waals surface area contributed by atoms with Crippen LogP contribution in [0.5, 0.6) is 0 Å². The first-order valence-electron chi connectivity index (χ1n) is 6.89. The van der Waals surface area contributed by atoms with E-state index in [1.165, 1.54) is 13.1 Å². The summed E-state index contributed by atoms with van der Waals surface area (Å²) in [5.74, 6) is -1.00. The fraction of sp³-hybridized carbons (Fsp3) is 0.200. The maximum Gasteiger partial charge on any atom is 0.325 e. The number of nitrogens with zero attached hydrogens (tertiary/aromatic N) is 2. The van der Waals surface area contributed by atoms with Gasteiger partial charge in [-0.25, -0.2) is 9.97 Å². The molecule has 1 aromatic heterocycles. The van der Waals surface area contributed by atoms with E-state index in [4.69, 9.17) is 16.7 Å². The van der Waals surface area contributed by atoms with Crippen molar-refractivity contribution in [2.45, 2.75) is 19.4 Å². The number of hydrogen-bond donors (Lipinski definition) is 3. The number of aromatic nitrogens is 2. The van der Waals surface area contributed by atoms with Crippen LogP contribution in [-0.2, 0) is 16.0 Å². The van der Waals surface area contributed by atoms with Crippen molar-refractivity contribution >= 4 is 35.1 Å². The zero-order valence-corrected chi connectivity index (χ0v) is 12.9. The molecular formula is C15H13ClN4O3. The molecule has 0 saturated carbocycles. The van der Waals surface area contributed by atoms with Gasteiger partial charge < -0.3 is 15.7 Å². The number of hydrogen-bond acceptors (Lipinski definition) is 5. The van der Waals surface area contributed by atoms with Crippen LogP contribution in [0.1, 0.15) is 12.5 Å². The normalized spacial score (nSPS) is 14.1. The number of nitrogens with one attached hydrogen (secondary N) is 2. The molecule has 3 rings (SSSR count). The number of fused-ring (bicyclic) bond motifs is 3. The summed E-state index contributed by atoms with van der Waals surface area (Å²) >= 11 is 5.98. The Morgan fingerprint density at radius 2 is 2.26 bits per heavy atom. The summed E-state index contributed by atoms with van der Waals surface area (Å²) in [7, 11) is 0. The highest BCUT2D eigenvalue weighted by molar-refractivity contribution is 6.31. The fourth-order valence-electron chi connectivity index (χ4n) is 2.29. The van der Waals surface area contributed by atoms with Crippen LogP contribution in [0.4, 0.5) is 11.6 Å². The number of halogens is 1. The van der Waals surface area contributed by atoms with E-state index in [2.05, 4.69) is 20.6 Å². The number of carbonyl (C=O) groups is 2. The van der Waals surface area contributed by atoms with Gasteiger partial charge in [-0.15, -0.1) is 0 Å². The summed E-state index contributed by atoms with van der Waals surface area (Å²) in [6.07, 6.45) is 1.67. The average molecular weight is 333 g/mol. The predicted molar refractivity (Wildman–Crippen MR) is 85.5 cm³/mol. The number of carboxylic acid groups (broad SMARTS) is 1. The van der Waals surface area contributed by atoms with E-state index in [1.807, 2.05) is 0 Å². The SMILES string of the molecule is C[C@H](Nc1ncc2c(n1)-c1ccc(Cl)cc1NC(=O)C2)C(=O)O. The Balaban J connectivity index is 2.08. The third-order valence-corrected chi connectivity index (χ3v) is 3.68. The maximum absolute atomic E-state index is 12.0. The molecule has 0 bridgehead atoms. The minimum atomic E-state index is -1.01. The van der Waals surface area contributed by atoms with Crippen LogP contribution in [0, 0.1) is 0 Å². The second-order valence-electron chi connectivity index (χ2n) is 5.19. The summed E-state index contributed by atoms with van der Waals surface area (Å²) in [4.78, 5) is 31.4. The molecule has 1 atom stereocenters. The molecule has 0 spiro atoms. The van der Waals surface area contributed by atoms with E-state index < -0.39 is 12.0 Å². The molecule has 1 aliphatic heterocycles. The average Bonchev–Trinajstić information content (AvgIpc) is 2.61. The minimum Gasteiger partial charge on any atom is -0.480 e. The molecule has 1 aliphatic rings. The predicted octanol–water partition coefficient (Wildman–Crippen LogP) is 2.18. The van der Waals surface area contributed by atoms with Gasteiger partial charge in [-0.3, -0.25) is 9.59 Å². The highest BCUT2D eigenvalue weighted by Gasteiger charge is 2.22. The van der Waals surface area contributed by atoms with Gasteiger partial charge in [0.1, 0.15) is 6.04 Å². The number of carboxylic acids is 1. The third kappa shape index (κ3) is 3.09. The molecule has 118 valence electrons. The van der Waals surface area contributed by atoms with Gasteiger partial charge in [-0.05, 0) is 25.1 Å². The summed E-state index contributed by atoms with van der Waals surface area (Å²) in [6.45, 7) is 1.50. The molecule has 23 heavy (non-hydrogen) atoms. The molecule has 0 fully saturated rings. The van der Waals surface area contributed by atoms with Crippen molar-refractivity contribution in [2.24, 2.45) is 0 Å². The lowest BCUT2D eigenvalue weighted by Crippen LogP contribution is -2.26. The summed E-state index contributed by atoms with van der Waals surface area (Å²) in [5.41, 5.74) is 2.52. The van der Waals surface area contributed by atoms with Crippen molar-refractivity contribution in [3.05, 3.63) is 35.0 Å². The Hall–Kier alpha value is -2.67. The van der Waals surface area contributed by atoms with Crippen LogP contribution in [0.2, 0.25) is 5.02 Å². The number of aliphatic carboxylic acids is 1. The molecule has 3 N–H and O–H groups in total. The first kappa shape index (κ1) is 15.2. The molecule has 0 radical (unpaired) electrons. The first-order chi connectivity index (χ1) is 10.9. The second kappa shape index (κ2) is 5.85. The van der Waals surface area contributed by atoms with Gasteiger partial charge in [-0.2, -0.15) is 0 Å². The topological polar surface area (TPSA) is 104 Å². The van der Waals surface area contributed by atoms with Crippen LogP contribution in [0.25, 0.3) is 11.3 Å². The molecule has 8 heteroatoms. The molecule has 0 unspecified atom stereocenters. The van der Waals surface area contributed by atoms with E-state index in [-0.39, 0.29) is 18.3 Å². The van der Waals surface area contributed by atoms with Gasteiger partial charge in [0, 0.05) is 22.3 Å². The lowest BCUT2D eigenvalue weighted by molar-refractivity contribution is -0.137. The Morgan fingerprint density at radius 1 is 1.48 bits per heavy atom. The monoisotopic (exact) mass is 332 g/mol. The van der Waals surface area contributed by atoms with E-state index >= 15 is 0 Å². The maximum atomic E-state index is 12.0. The van der Waals surface area contributed by atoms with Gasteiger partial charge in [0.25, 0.3) is 0 Å². The number of rotatable bonds is 3. The molecule has 7 nitrogen and oxygen atoms in total. The molecule has 0 saturated heterocycles. The lowest BCUT2D eigenvalue weighted by atomic mass is 10.1. The van der Waals surface area contributed by atoms with Crippen molar-refractivity contribution in [3.8, 4) is 11.3 Å². The standard InChI is InChI=1S/C15H13ClN4O3/c1-7(14(22)23)18-15-17-6-8-4-12(21)19-11-5-9(16)2-3-10(11)13(8)20-15/h2-3,5-7H,4H2,1H3,(H,19,21)(H,22,23)(H,17,18,20)/t7-/m0/s1. The molecule has 2 aromatic rings. The van der Waals surface area contributed by atoms with Crippen LogP contribution in [0.15, 0.2) is 24.4 Å². The van der Waals surface area contributed by atoms with Crippen LogP contribution in [0.3, 0.4) is 0 Å². The van der Waals surface area contributed by atoms with Crippen molar-refractivity contribution in [1.82, 2.24) is 9.97 Å². The Kier molecular flexibility index (Phi) is 3.87. The molecule has 1 amide bonds. The van der Waals surface area contributed by atoms with E-state index in [9.17, 15) is 9.59 Å². The van der Waals surface area contributed by atoms with Crippen molar-refractivity contribution in [1.29, 1.82) is 0 Å². The Labute approximate surface area is 136 Å². The van der Waals surface area contributed by atoms with Crippen molar-refractivity contribution < 1.29 is 14.7 Å². The van der Waals surface area contributed by atoms with Gasteiger partial charge in [0.15, 0.2) is 0 Å². The number of carbonyl (C=O) groups excluding carboxylic acids is 1. The lowest BCUT2D eigenvalue weighted by Gasteiger charge is -2.12. The van der Waals surface area contributed by atoms with Crippen LogP contribution >= 0.6 is 11.6 Å². The third-order valence-electron chi connectivity index (χ3n) is 3.44. The molecule has 1 aromatic carbocycles. The van der Waals surface area contributed by atoms with Crippen LogP contribution in [-0.4, -0.2) is 33.0 Å². The van der Waals surface area contributed by atoms with Gasteiger partial charge >= 0.3 is 5.97 Å². The van der Waals surface area contributed by atoms with Crippen LogP contribution < -0.4 is 10.6 Å². The first-order valence-corrected chi connectivity index (χ1v) is 7.27. The summed E-state index contributed by atoms with van der Waals surface area (Å²) in [6, 6.07) is 4.29. The fourth-order valence-corrected chi connectivity index (χ4v) is 2.46. The van der Waals surface area contributed by atoms with E-state index in [0.29, 0.717) is 27.5 Å². The Morgan fingerprint density at radius 3 is 3.00 bits per heavy atom. The summed E-state index contributed by atoms with van der Waals surface area (Å²) in [5, 5.41) is 15.0. The minimum absolute atomic E-state index is 0.135. The second-order valence-corrected chi connectivity index (χ2v) is 5.62. The highest BCUT2D eigenvalue weighted by atomic mass is 35.5. The van der Waals surface area contributed by atoms with Crippen molar-refractivity contribution in [3.63, 3.8) is 0 Å². The largest absolute Gasteiger partial charge is 0.480 e. The van der Waals surface area contributed by atoms with Gasteiger partial charge in [-0.1, -0.05) is 11.6 Å². The number of benzene rings is 1. The zero-order chi connectivity index (χ0) is 16.6. The van der Waals surface area contributed by atoms with E-state index in [1.54, 1.807) is 18.2 Å². The number of anilines is 2. The zero-order valence-electron chi connectivity index (χ0n) is 12.1. The van der Waals surface area contributed by atoms with Gasteiger partial charge in [0.2, 0.25) is 11.9 Å². The molecular weight excluding hydrogens is 320 g/mol. The smallest absolute Gasteiger partial charge is 0.325 e. The van der Waals surface area contributed by atoms with Gasteiger partial charge in [0.05, 0.1) is 17.8 Å². The molecule has 2 heterocycles. The van der Waals surface area contributed by atoms with E-state index in [0.717, 1.165) is 0 Å².